The van der Waals surface area contributed by atoms with E-state index in [2.05, 4.69) is 5.32 Å². The molecule has 0 heterocycles. The zero-order chi connectivity index (χ0) is 15.2. The first kappa shape index (κ1) is 15.8. The van der Waals surface area contributed by atoms with Crippen LogP contribution in [0.4, 0.5) is 0 Å². The van der Waals surface area contributed by atoms with Gasteiger partial charge >= 0.3 is 0 Å². The summed E-state index contributed by atoms with van der Waals surface area (Å²) in [7, 11) is 1.64. The van der Waals surface area contributed by atoms with Gasteiger partial charge in [-0.3, -0.25) is 4.79 Å². The molecule has 0 radical (unpaired) electrons. The topological polar surface area (TPSA) is 58.6 Å². The van der Waals surface area contributed by atoms with Crippen LogP contribution in [0.5, 0.6) is 5.75 Å². The number of aliphatic hydroxyl groups excluding tert-OH is 1. The van der Waals surface area contributed by atoms with Crippen LogP contribution in [0, 0.1) is 5.92 Å². The second-order valence-corrected chi connectivity index (χ2v) is 5.94. The van der Waals surface area contributed by atoms with Crippen LogP contribution in [0.25, 0.3) is 0 Å². The molecule has 4 heteroatoms. The van der Waals surface area contributed by atoms with Gasteiger partial charge in [0.25, 0.3) is 0 Å². The van der Waals surface area contributed by atoms with Crippen LogP contribution in [0.15, 0.2) is 24.3 Å². The van der Waals surface area contributed by atoms with E-state index in [1.807, 2.05) is 31.2 Å². The summed E-state index contributed by atoms with van der Waals surface area (Å²) < 4.78 is 5.13. The largest absolute Gasteiger partial charge is 0.497 e. The van der Waals surface area contributed by atoms with Crippen molar-refractivity contribution in [1.29, 1.82) is 0 Å². The van der Waals surface area contributed by atoms with Gasteiger partial charge in [0, 0.05) is 18.9 Å². The molecule has 2 rings (SSSR count). The highest BCUT2D eigenvalue weighted by atomic mass is 16.5. The van der Waals surface area contributed by atoms with Crippen molar-refractivity contribution in [2.75, 3.05) is 13.7 Å². The fourth-order valence-corrected chi connectivity index (χ4v) is 2.90. The molecule has 0 bridgehead atoms. The Labute approximate surface area is 126 Å². The zero-order valence-corrected chi connectivity index (χ0v) is 12.8. The van der Waals surface area contributed by atoms with Crippen molar-refractivity contribution < 1.29 is 14.6 Å². The highest BCUT2D eigenvalue weighted by molar-refractivity contribution is 5.76. The third-order valence-electron chi connectivity index (χ3n) is 4.36. The third-order valence-corrected chi connectivity index (χ3v) is 4.36. The van der Waals surface area contributed by atoms with E-state index in [4.69, 9.17) is 4.74 Å². The molecule has 1 aromatic carbocycles. The second-order valence-electron chi connectivity index (χ2n) is 5.94. The van der Waals surface area contributed by atoms with Crippen molar-refractivity contribution >= 4 is 5.91 Å². The molecule has 1 saturated carbocycles. The summed E-state index contributed by atoms with van der Waals surface area (Å²) in [6, 6.07) is 7.83. The smallest absolute Gasteiger partial charge is 0.220 e. The van der Waals surface area contributed by atoms with E-state index in [1.165, 1.54) is 0 Å². The molecule has 1 aromatic rings. The molecule has 0 spiro atoms. The number of hydrogen-bond donors (Lipinski definition) is 2. The average molecular weight is 291 g/mol. The number of benzene rings is 1. The number of carbonyl (C=O) groups is 1. The lowest BCUT2D eigenvalue weighted by Crippen LogP contribution is -2.32. The summed E-state index contributed by atoms with van der Waals surface area (Å²) in [5.74, 6) is 1.28. The van der Waals surface area contributed by atoms with Gasteiger partial charge in [0.1, 0.15) is 5.75 Å². The third kappa shape index (κ3) is 4.46. The Balaban J connectivity index is 1.78. The Hall–Kier alpha value is -1.55. The number of amides is 1. The van der Waals surface area contributed by atoms with E-state index in [1.54, 1.807) is 7.11 Å². The van der Waals surface area contributed by atoms with Gasteiger partial charge in [0.2, 0.25) is 5.91 Å². The Morgan fingerprint density at radius 1 is 1.38 bits per heavy atom. The summed E-state index contributed by atoms with van der Waals surface area (Å²) in [5.41, 5.74) is 1.13. The lowest BCUT2D eigenvalue weighted by molar-refractivity contribution is -0.121. The minimum atomic E-state index is -0.246. The highest BCUT2D eigenvalue weighted by Gasteiger charge is 2.25. The van der Waals surface area contributed by atoms with Crippen molar-refractivity contribution in [3.63, 3.8) is 0 Å². The van der Waals surface area contributed by atoms with Crippen molar-refractivity contribution in [3.05, 3.63) is 29.8 Å². The maximum Gasteiger partial charge on any atom is 0.220 e. The molecular weight excluding hydrogens is 266 g/mol. The standard InChI is InChI=1S/C17H25NO3/c1-12(13-6-8-15(21-2)9-7-13)10-17(20)18-11-14-4-3-5-16(14)19/h6-9,12,14,16,19H,3-5,10-11H2,1-2H3,(H,18,20). The SMILES string of the molecule is COc1ccc(C(C)CC(=O)NCC2CCCC2O)cc1. The summed E-state index contributed by atoms with van der Waals surface area (Å²) in [6.07, 6.45) is 3.15. The van der Waals surface area contributed by atoms with Gasteiger partial charge in [-0.05, 0) is 36.5 Å². The Morgan fingerprint density at radius 3 is 2.67 bits per heavy atom. The molecule has 4 nitrogen and oxygen atoms in total. The van der Waals surface area contributed by atoms with E-state index in [-0.39, 0.29) is 23.8 Å². The fraction of sp³-hybridized carbons (Fsp3) is 0.588. The highest BCUT2D eigenvalue weighted by Crippen LogP contribution is 2.25. The van der Waals surface area contributed by atoms with Gasteiger partial charge in [-0.2, -0.15) is 0 Å². The average Bonchev–Trinajstić information content (AvgIpc) is 2.90. The minimum Gasteiger partial charge on any atom is -0.497 e. The van der Waals surface area contributed by atoms with Crippen LogP contribution in [0.3, 0.4) is 0 Å². The van der Waals surface area contributed by atoms with Crippen LogP contribution in [-0.4, -0.2) is 30.8 Å². The number of hydrogen-bond acceptors (Lipinski definition) is 3. The van der Waals surface area contributed by atoms with Crippen LogP contribution in [0.1, 0.15) is 44.1 Å². The number of carbonyl (C=O) groups excluding carboxylic acids is 1. The maximum absolute atomic E-state index is 12.0. The molecule has 1 aliphatic carbocycles. The van der Waals surface area contributed by atoms with Gasteiger partial charge in [-0.15, -0.1) is 0 Å². The van der Waals surface area contributed by atoms with Crippen LogP contribution in [-0.2, 0) is 4.79 Å². The lowest BCUT2D eigenvalue weighted by Gasteiger charge is -2.17. The number of nitrogens with one attached hydrogen (secondary N) is 1. The van der Waals surface area contributed by atoms with Gasteiger partial charge in [-0.25, -0.2) is 0 Å². The first-order valence-corrected chi connectivity index (χ1v) is 7.69. The number of aliphatic hydroxyl groups is 1. The summed E-state index contributed by atoms with van der Waals surface area (Å²) in [6.45, 7) is 2.64. The summed E-state index contributed by atoms with van der Waals surface area (Å²) in [4.78, 5) is 12.0. The molecule has 1 fully saturated rings. The Kier molecular flexibility index (Phi) is 5.62. The molecule has 0 saturated heterocycles. The van der Waals surface area contributed by atoms with Crippen LogP contribution >= 0.6 is 0 Å². The molecular formula is C17H25NO3. The van der Waals surface area contributed by atoms with E-state index in [0.29, 0.717) is 13.0 Å². The predicted octanol–water partition coefficient (Wildman–Crippen LogP) is 2.47. The lowest BCUT2D eigenvalue weighted by atomic mass is 9.97. The van der Waals surface area contributed by atoms with Crippen molar-refractivity contribution in [2.45, 2.75) is 44.6 Å². The molecule has 0 aromatic heterocycles. The van der Waals surface area contributed by atoms with Gasteiger partial charge < -0.3 is 15.2 Å². The van der Waals surface area contributed by atoms with Crippen LogP contribution < -0.4 is 10.1 Å². The Bertz CT molecular complexity index is 458. The first-order chi connectivity index (χ1) is 10.1. The van der Waals surface area contributed by atoms with E-state index in [0.717, 1.165) is 30.6 Å². The normalized spacial score (nSPS) is 22.8. The molecule has 3 atom stereocenters. The molecule has 2 N–H and O–H groups in total. The van der Waals surface area contributed by atoms with Gasteiger partial charge in [0.05, 0.1) is 13.2 Å². The second kappa shape index (κ2) is 7.46. The van der Waals surface area contributed by atoms with Gasteiger partial charge in [-0.1, -0.05) is 25.5 Å². The minimum absolute atomic E-state index is 0.0532. The quantitative estimate of drug-likeness (QED) is 0.846. The van der Waals surface area contributed by atoms with E-state index < -0.39 is 0 Å². The molecule has 3 unspecified atom stereocenters. The summed E-state index contributed by atoms with van der Waals surface area (Å²) in [5, 5.41) is 12.7. The van der Waals surface area contributed by atoms with Crippen LogP contribution in [0.2, 0.25) is 0 Å². The van der Waals surface area contributed by atoms with Gasteiger partial charge in [0.15, 0.2) is 0 Å². The Morgan fingerprint density at radius 2 is 2.10 bits per heavy atom. The monoisotopic (exact) mass is 291 g/mol. The van der Waals surface area contributed by atoms with Crippen molar-refractivity contribution in [3.8, 4) is 5.75 Å². The first-order valence-electron chi connectivity index (χ1n) is 7.69. The maximum atomic E-state index is 12.0. The number of methoxy groups -OCH3 is 1. The molecule has 1 amide bonds. The molecule has 116 valence electrons. The molecule has 1 aliphatic rings. The fourth-order valence-electron chi connectivity index (χ4n) is 2.90. The molecule has 21 heavy (non-hydrogen) atoms. The molecule has 0 aliphatic heterocycles. The van der Waals surface area contributed by atoms with Crippen molar-refractivity contribution in [1.82, 2.24) is 5.32 Å². The number of rotatable bonds is 6. The zero-order valence-electron chi connectivity index (χ0n) is 12.8. The van der Waals surface area contributed by atoms with E-state index in [9.17, 15) is 9.90 Å². The summed E-state index contributed by atoms with van der Waals surface area (Å²) >= 11 is 0. The number of ether oxygens (including phenoxy) is 1. The predicted molar refractivity (Wildman–Crippen MR) is 82.4 cm³/mol. The van der Waals surface area contributed by atoms with E-state index >= 15 is 0 Å². The van der Waals surface area contributed by atoms with Crippen molar-refractivity contribution in [2.24, 2.45) is 5.92 Å².